The van der Waals surface area contributed by atoms with Gasteiger partial charge in [-0.2, -0.15) is 21.9 Å². The second-order valence-electron chi connectivity index (χ2n) is 12.8. The molecule has 8 rings (SSSR count). The first-order valence-electron chi connectivity index (χ1n) is 17.1. The van der Waals surface area contributed by atoms with Gasteiger partial charge in [0.15, 0.2) is 0 Å². The van der Waals surface area contributed by atoms with Crippen LogP contribution in [0.2, 0.25) is 0 Å². The van der Waals surface area contributed by atoms with Gasteiger partial charge in [-0.05, 0) is 44.5 Å². The first-order valence-corrected chi connectivity index (χ1v) is 17.1. The lowest BCUT2D eigenvalue weighted by atomic mass is 9.13. The Balaban J connectivity index is 1.35. The molecule has 0 unspecified atom stereocenters. The molecule has 0 N–H and O–H groups in total. The molecule has 0 spiro atoms. The first-order chi connectivity index (χ1) is 24.3. The van der Waals surface area contributed by atoms with Crippen LogP contribution < -0.4 is 21.9 Å². The summed E-state index contributed by atoms with van der Waals surface area (Å²) in [6.45, 7) is 0. The maximum Gasteiger partial charge on any atom is 0.108 e. The Morgan fingerprint density at radius 2 is 0.327 bits per heavy atom. The zero-order valence-electron chi connectivity index (χ0n) is 27.4. The van der Waals surface area contributed by atoms with E-state index in [1.165, 1.54) is 66.4 Å². The second kappa shape index (κ2) is 13.5. The van der Waals surface area contributed by atoms with Crippen LogP contribution >= 0.6 is 0 Å². The summed E-state index contributed by atoms with van der Waals surface area (Å²) in [7, 11) is 0. The van der Waals surface area contributed by atoms with Crippen LogP contribution in [0.15, 0.2) is 218 Å². The van der Waals surface area contributed by atoms with Gasteiger partial charge in [0, 0.05) is 0 Å². The van der Waals surface area contributed by atoms with Gasteiger partial charge in [0.25, 0.3) is 0 Å². The molecular weight excluding hydrogens is 587 g/mol. The molecule has 0 atom stereocenters. The largest absolute Gasteiger partial charge is 0.195 e. The Bertz CT molecular complexity index is 1900. The predicted octanol–water partition coefficient (Wildman–Crippen LogP) is 9.73. The Morgan fingerprint density at radius 1 is 0.163 bits per heavy atom. The molecule has 8 aromatic rings. The Morgan fingerprint density at radius 3 is 0.510 bits per heavy atom. The Kier molecular flexibility index (Phi) is 8.32. The van der Waals surface area contributed by atoms with Crippen LogP contribution in [0.25, 0.3) is 44.5 Å². The van der Waals surface area contributed by atoms with Crippen LogP contribution in [0.4, 0.5) is 0 Å². The number of rotatable bonds is 8. The monoisotopic (exact) mass is 623 g/mol. The lowest BCUT2D eigenvalue weighted by Crippen LogP contribution is -2.74. The molecule has 0 aliphatic carbocycles. The van der Waals surface area contributed by atoms with Crippen molar-refractivity contribution in [2.24, 2.45) is 0 Å². The molecule has 0 heterocycles. The Labute approximate surface area is 289 Å². The highest BCUT2D eigenvalue weighted by Gasteiger charge is 2.32. The molecule has 8 aromatic carbocycles. The Hall–Kier alpha value is -6.18. The second-order valence-corrected chi connectivity index (χ2v) is 12.8. The molecule has 0 saturated carbocycles. The summed E-state index contributed by atoms with van der Waals surface area (Å²) < 4.78 is 0. The summed E-state index contributed by atoms with van der Waals surface area (Å²) in [6, 6.07) is 79.7. The minimum atomic E-state index is -1.57. The number of hydrogen-bond acceptors (Lipinski definition) is 0. The van der Waals surface area contributed by atoms with Crippen molar-refractivity contribution >= 4 is 28.0 Å². The van der Waals surface area contributed by atoms with Crippen molar-refractivity contribution in [2.75, 3.05) is 0 Å². The summed E-state index contributed by atoms with van der Waals surface area (Å²) in [5.74, 6) is 0. The average Bonchev–Trinajstić information content (AvgIpc) is 3.20. The molecule has 0 saturated heterocycles. The number of hydrogen-bond donors (Lipinski definition) is 0. The van der Waals surface area contributed by atoms with Crippen LogP contribution in [-0.2, 0) is 0 Å². The molecule has 0 aliphatic heterocycles. The van der Waals surface area contributed by atoms with Gasteiger partial charge in [0.05, 0.1) is 0 Å². The summed E-state index contributed by atoms with van der Waals surface area (Å²) in [4.78, 5) is 0. The fourth-order valence-corrected chi connectivity index (χ4v) is 7.53. The van der Waals surface area contributed by atoms with Crippen molar-refractivity contribution in [1.82, 2.24) is 0 Å². The van der Waals surface area contributed by atoms with E-state index in [1.54, 1.807) is 0 Å². The molecule has 232 valence electrons. The summed E-state index contributed by atoms with van der Waals surface area (Å²) in [5.41, 5.74) is 14.9. The van der Waals surface area contributed by atoms with Crippen LogP contribution in [0.5, 0.6) is 0 Å². The van der Waals surface area contributed by atoms with Crippen molar-refractivity contribution in [3.05, 3.63) is 218 Å². The molecule has 0 aliphatic rings. The van der Waals surface area contributed by atoms with Gasteiger partial charge in [0.1, 0.15) is 6.15 Å². The van der Waals surface area contributed by atoms with Gasteiger partial charge in [0.2, 0.25) is 0 Å². The van der Waals surface area contributed by atoms with Gasteiger partial charge in [-0.15, -0.1) is 0 Å². The third-order valence-corrected chi connectivity index (χ3v) is 10.1. The van der Waals surface area contributed by atoms with Gasteiger partial charge >= 0.3 is 0 Å². The van der Waals surface area contributed by atoms with E-state index < -0.39 is 6.15 Å². The quantitative estimate of drug-likeness (QED) is 0.148. The first kappa shape index (κ1) is 30.2. The predicted molar refractivity (Wildman–Crippen MR) is 212 cm³/mol. The van der Waals surface area contributed by atoms with E-state index in [0.717, 1.165) is 0 Å². The van der Waals surface area contributed by atoms with Crippen LogP contribution in [0.3, 0.4) is 0 Å². The molecule has 0 amide bonds. The van der Waals surface area contributed by atoms with E-state index in [2.05, 4.69) is 218 Å². The molecule has 0 bridgehead atoms. The molecule has 49 heavy (non-hydrogen) atoms. The average molecular weight is 624 g/mol. The highest BCUT2D eigenvalue weighted by atomic mass is 14.1. The van der Waals surface area contributed by atoms with E-state index in [4.69, 9.17) is 0 Å². The molecule has 0 nitrogen and oxygen atoms in total. The van der Waals surface area contributed by atoms with Crippen molar-refractivity contribution in [3.8, 4) is 44.5 Å². The van der Waals surface area contributed by atoms with Gasteiger partial charge in [-0.1, -0.05) is 218 Å². The lowest BCUT2D eigenvalue weighted by molar-refractivity contribution is 1.60. The van der Waals surface area contributed by atoms with Crippen molar-refractivity contribution < 1.29 is 0 Å². The van der Waals surface area contributed by atoms with Gasteiger partial charge in [-0.3, -0.25) is 0 Å². The van der Waals surface area contributed by atoms with Crippen molar-refractivity contribution in [3.63, 3.8) is 0 Å². The maximum atomic E-state index is 2.35. The minimum absolute atomic E-state index is 1.22. The third kappa shape index (κ3) is 5.92. The normalized spacial score (nSPS) is 11.3. The van der Waals surface area contributed by atoms with Crippen LogP contribution in [-0.4, -0.2) is 6.15 Å². The number of benzene rings is 8. The van der Waals surface area contributed by atoms with Crippen molar-refractivity contribution in [1.29, 1.82) is 0 Å². The smallest absolute Gasteiger partial charge is 0.108 e. The minimum Gasteiger partial charge on any atom is -0.195 e. The zero-order valence-corrected chi connectivity index (χ0v) is 27.4. The topological polar surface area (TPSA) is 0 Å². The standard InChI is InChI=1S/C48H36B/c1-5-13-37(14-6-1)41-21-29-45(30-22-41)49(46-31-23-42(24-32-46)38-15-7-2-8-16-38,47-33-25-43(26-34-47)39-17-9-3-10-18-39)48-35-27-44(28-36-48)40-19-11-4-12-20-40/h1-36H/q-1. The molecular formula is C48H36B-. The lowest BCUT2D eigenvalue weighted by Gasteiger charge is -2.44. The summed E-state index contributed by atoms with van der Waals surface area (Å²) >= 11 is 0. The maximum absolute atomic E-state index is 2.35. The molecule has 0 fully saturated rings. The fraction of sp³-hybridized carbons (Fsp3) is 0. The van der Waals surface area contributed by atoms with E-state index >= 15 is 0 Å². The third-order valence-electron chi connectivity index (χ3n) is 10.1. The summed E-state index contributed by atoms with van der Waals surface area (Å²) in [5, 5.41) is 0. The van der Waals surface area contributed by atoms with Gasteiger partial charge < -0.3 is 0 Å². The fourth-order valence-electron chi connectivity index (χ4n) is 7.53. The van der Waals surface area contributed by atoms with E-state index in [0.29, 0.717) is 0 Å². The summed E-state index contributed by atoms with van der Waals surface area (Å²) in [6.07, 6.45) is -1.57. The highest BCUT2D eigenvalue weighted by molar-refractivity contribution is 7.19. The van der Waals surface area contributed by atoms with Crippen molar-refractivity contribution in [2.45, 2.75) is 0 Å². The van der Waals surface area contributed by atoms with E-state index in [-0.39, 0.29) is 0 Å². The highest BCUT2D eigenvalue weighted by Crippen LogP contribution is 2.24. The molecule has 0 aromatic heterocycles. The van der Waals surface area contributed by atoms with Crippen LogP contribution in [0.1, 0.15) is 0 Å². The van der Waals surface area contributed by atoms with Gasteiger partial charge in [-0.25, -0.2) is 0 Å². The zero-order chi connectivity index (χ0) is 32.9. The molecule has 1 heteroatoms. The van der Waals surface area contributed by atoms with E-state index in [1.807, 2.05) is 0 Å². The molecule has 0 radical (unpaired) electrons. The van der Waals surface area contributed by atoms with Crippen LogP contribution in [0, 0.1) is 0 Å². The van der Waals surface area contributed by atoms with E-state index in [9.17, 15) is 0 Å². The SMILES string of the molecule is c1ccc(-c2ccc([B-](c3ccc(-c4ccccc4)cc3)(c3ccc(-c4ccccc4)cc3)c3ccc(-c4ccccc4)cc3)cc2)cc1.